The zero-order valence-electron chi connectivity index (χ0n) is 18.4. The third-order valence-electron chi connectivity index (χ3n) is 6.98. The average Bonchev–Trinajstić information content (AvgIpc) is 3.40. The van der Waals surface area contributed by atoms with Gasteiger partial charge >= 0.3 is 5.97 Å². The number of hydrogen-bond acceptors (Lipinski definition) is 5. The van der Waals surface area contributed by atoms with E-state index < -0.39 is 11.6 Å². The quantitative estimate of drug-likeness (QED) is 0.474. The largest absolute Gasteiger partial charge is 0.454 e. The van der Waals surface area contributed by atoms with Crippen molar-refractivity contribution in [1.29, 1.82) is 0 Å². The number of rotatable bonds is 6. The molecule has 2 atom stereocenters. The van der Waals surface area contributed by atoms with Gasteiger partial charge in [0.25, 0.3) is 0 Å². The lowest BCUT2D eigenvalue weighted by Gasteiger charge is -2.41. The van der Waals surface area contributed by atoms with Crippen molar-refractivity contribution in [2.45, 2.75) is 37.4 Å². The van der Waals surface area contributed by atoms with Gasteiger partial charge in [0.05, 0.1) is 25.8 Å². The van der Waals surface area contributed by atoms with Gasteiger partial charge < -0.3 is 18.8 Å². The number of benzene rings is 2. The Bertz CT molecular complexity index is 1070. The molecule has 2 heterocycles. The molecule has 6 nitrogen and oxygen atoms in total. The molecule has 2 aliphatic rings. The second kappa shape index (κ2) is 8.19. The first-order chi connectivity index (χ1) is 15.5. The zero-order valence-corrected chi connectivity index (χ0v) is 18.4. The molecule has 166 valence electrons. The van der Waals surface area contributed by atoms with E-state index in [2.05, 4.69) is 12.2 Å². The van der Waals surface area contributed by atoms with Crippen LogP contribution in [0.3, 0.4) is 0 Å². The summed E-state index contributed by atoms with van der Waals surface area (Å²) in [6.45, 7) is 2.80. The number of fused-ring (bicyclic) bond motifs is 3. The van der Waals surface area contributed by atoms with E-state index in [9.17, 15) is 9.90 Å². The summed E-state index contributed by atoms with van der Waals surface area (Å²) in [5.41, 5.74) is 2.19. The SMILES string of the molecule is C[N+]1(CCCc2ccon2)CCC[C@@H](OC(=O)C2(O)c3ccccc3-c3ccccc32)C1. The van der Waals surface area contributed by atoms with E-state index in [1.54, 1.807) is 6.26 Å². The van der Waals surface area contributed by atoms with E-state index in [-0.39, 0.29) is 6.10 Å². The highest BCUT2D eigenvalue weighted by Crippen LogP contribution is 2.48. The van der Waals surface area contributed by atoms with Crippen LogP contribution in [-0.4, -0.2) is 53.5 Å². The lowest BCUT2D eigenvalue weighted by molar-refractivity contribution is -0.917. The van der Waals surface area contributed by atoms with Crippen LogP contribution in [-0.2, 0) is 21.6 Å². The smallest absolute Gasteiger partial charge is 0.348 e. The molecule has 2 aromatic carbocycles. The molecule has 0 radical (unpaired) electrons. The Labute approximate surface area is 188 Å². The van der Waals surface area contributed by atoms with Gasteiger partial charge in [0.15, 0.2) is 6.10 Å². The molecule has 1 aliphatic heterocycles. The number of piperidine rings is 1. The number of ether oxygens (including phenoxy) is 1. The zero-order chi connectivity index (χ0) is 22.2. The minimum absolute atomic E-state index is 0.211. The fraction of sp³-hybridized carbons (Fsp3) is 0.385. The average molecular weight is 434 g/mol. The summed E-state index contributed by atoms with van der Waals surface area (Å²) >= 11 is 0. The van der Waals surface area contributed by atoms with E-state index in [1.807, 2.05) is 54.6 Å². The van der Waals surface area contributed by atoms with Crippen molar-refractivity contribution in [3.8, 4) is 11.1 Å². The summed E-state index contributed by atoms with van der Waals surface area (Å²) in [4.78, 5) is 13.4. The molecule has 1 aliphatic carbocycles. The Morgan fingerprint density at radius 3 is 2.50 bits per heavy atom. The van der Waals surface area contributed by atoms with Crippen LogP contribution in [0.1, 0.15) is 36.1 Å². The van der Waals surface area contributed by atoms with Crippen LogP contribution in [0.5, 0.6) is 0 Å². The number of carbonyl (C=O) groups is 1. The molecule has 1 N–H and O–H groups in total. The summed E-state index contributed by atoms with van der Waals surface area (Å²) in [6, 6.07) is 17.0. The summed E-state index contributed by atoms with van der Waals surface area (Å²) in [5, 5.41) is 15.7. The maximum atomic E-state index is 13.4. The maximum Gasteiger partial charge on any atom is 0.348 e. The van der Waals surface area contributed by atoms with Gasteiger partial charge in [-0.2, -0.15) is 0 Å². The molecule has 32 heavy (non-hydrogen) atoms. The molecule has 1 unspecified atom stereocenters. The number of nitrogens with zero attached hydrogens (tertiary/aromatic N) is 2. The van der Waals surface area contributed by atoms with Crippen molar-refractivity contribution in [3.05, 3.63) is 77.7 Å². The molecular formula is C26H29N2O4+. The van der Waals surface area contributed by atoms with Crippen molar-refractivity contribution < 1.29 is 23.6 Å². The molecule has 1 saturated heterocycles. The lowest BCUT2D eigenvalue weighted by atomic mass is 9.91. The third kappa shape index (κ3) is 3.63. The van der Waals surface area contributed by atoms with Crippen LogP contribution in [0.25, 0.3) is 11.1 Å². The third-order valence-corrected chi connectivity index (χ3v) is 6.98. The maximum absolute atomic E-state index is 13.4. The number of likely N-dealkylation sites (N-methyl/N-ethyl adjacent to an activating group) is 1. The van der Waals surface area contributed by atoms with E-state index in [4.69, 9.17) is 9.26 Å². The molecule has 0 bridgehead atoms. The molecule has 3 aromatic rings. The monoisotopic (exact) mass is 433 g/mol. The standard InChI is InChI=1S/C26H29N2O4/c1-28(15-6-8-19-14-17-31-27-19)16-7-9-20(18-28)32-25(29)26(30)23-12-4-2-10-21(23)22-11-3-5-13-24(22)26/h2-5,10-14,17,20,30H,6-9,15-16,18H2,1H3/q+1/t20-,28?/m1/s1. The van der Waals surface area contributed by atoms with Crippen LogP contribution in [0.15, 0.2) is 65.4 Å². The second-order valence-electron chi connectivity index (χ2n) is 9.31. The number of hydrogen-bond donors (Lipinski definition) is 1. The summed E-state index contributed by atoms with van der Waals surface area (Å²) in [5.74, 6) is -0.573. The van der Waals surface area contributed by atoms with Crippen molar-refractivity contribution in [2.75, 3.05) is 26.7 Å². The Morgan fingerprint density at radius 1 is 1.16 bits per heavy atom. The molecule has 0 spiro atoms. The van der Waals surface area contributed by atoms with Crippen LogP contribution in [0.4, 0.5) is 0 Å². The van der Waals surface area contributed by atoms with Gasteiger partial charge in [0.2, 0.25) is 5.60 Å². The van der Waals surface area contributed by atoms with E-state index in [0.717, 1.165) is 66.6 Å². The van der Waals surface area contributed by atoms with Crippen molar-refractivity contribution in [3.63, 3.8) is 0 Å². The number of carbonyl (C=O) groups excluding carboxylic acids is 1. The number of esters is 1. The molecule has 1 fully saturated rings. The van der Waals surface area contributed by atoms with E-state index >= 15 is 0 Å². The molecule has 0 saturated carbocycles. The predicted octanol–water partition coefficient (Wildman–Crippen LogP) is 3.68. The molecule has 1 aromatic heterocycles. The Hall–Kier alpha value is -2.96. The molecule has 6 heteroatoms. The van der Waals surface area contributed by atoms with Gasteiger partial charge in [0.1, 0.15) is 12.8 Å². The lowest BCUT2D eigenvalue weighted by Crippen LogP contribution is -2.55. The van der Waals surface area contributed by atoms with E-state index in [0.29, 0.717) is 11.1 Å². The Morgan fingerprint density at radius 2 is 1.84 bits per heavy atom. The highest BCUT2D eigenvalue weighted by Gasteiger charge is 2.50. The van der Waals surface area contributed by atoms with Crippen LogP contribution in [0, 0.1) is 0 Å². The summed E-state index contributed by atoms with van der Waals surface area (Å²) in [7, 11) is 2.22. The summed E-state index contributed by atoms with van der Waals surface area (Å²) in [6.07, 6.45) is 5.08. The normalized spacial score (nSPS) is 23.4. The van der Waals surface area contributed by atoms with Gasteiger partial charge in [-0.1, -0.05) is 53.7 Å². The van der Waals surface area contributed by atoms with Crippen molar-refractivity contribution >= 4 is 5.97 Å². The highest BCUT2D eigenvalue weighted by atomic mass is 16.6. The predicted molar refractivity (Wildman–Crippen MR) is 120 cm³/mol. The first-order valence-electron chi connectivity index (χ1n) is 11.4. The number of likely N-dealkylation sites (tertiary alicyclic amines) is 1. The second-order valence-corrected chi connectivity index (χ2v) is 9.31. The number of aliphatic hydroxyl groups is 1. The number of aryl methyl sites for hydroxylation is 1. The van der Waals surface area contributed by atoms with Crippen LogP contribution >= 0.6 is 0 Å². The van der Waals surface area contributed by atoms with Gasteiger partial charge in [-0.15, -0.1) is 0 Å². The molecule has 5 rings (SSSR count). The first-order valence-corrected chi connectivity index (χ1v) is 11.4. The first kappa shape index (κ1) is 20.9. The van der Waals surface area contributed by atoms with Gasteiger partial charge in [0, 0.05) is 30.0 Å². The highest BCUT2D eigenvalue weighted by molar-refractivity contribution is 5.96. The fourth-order valence-electron chi connectivity index (χ4n) is 5.35. The molecular weight excluding hydrogens is 404 g/mol. The number of quaternary nitrogens is 1. The minimum atomic E-state index is -1.76. The van der Waals surface area contributed by atoms with Crippen LogP contribution in [0.2, 0.25) is 0 Å². The summed E-state index contributed by atoms with van der Waals surface area (Å²) < 4.78 is 11.8. The van der Waals surface area contributed by atoms with Crippen molar-refractivity contribution in [2.24, 2.45) is 0 Å². The minimum Gasteiger partial charge on any atom is -0.454 e. The van der Waals surface area contributed by atoms with Gasteiger partial charge in [-0.25, -0.2) is 4.79 Å². The van der Waals surface area contributed by atoms with E-state index in [1.165, 1.54) is 0 Å². The molecule has 0 amide bonds. The van der Waals surface area contributed by atoms with Crippen LogP contribution < -0.4 is 0 Å². The fourth-order valence-corrected chi connectivity index (χ4v) is 5.35. The van der Waals surface area contributed by atoms with Crippen molar-refractivity contribution in [1.82, 2.24) is 5.16 Å². The topological polar surface area (TPSA) is 72.6 Å². The number of aromatic nitrogens is 1. The van der Waals surface area contributed by atoms with Gasteiger partial charge in [-0.05, 0) is 24.0 Å². The Balaban J connectivity index is 1.30. The van der Waals surface area contributed by atoms with Gasteiger partial charge in [-0.3, -0.25) is 0 Å². The Kier molecular flexibility index (Phi) is 5.35.